The molecule has 2 N–H and O–H groups in total. The van der Waals surface area contributed by atoms with Crippen LogP contribution in [0.1, 0.15) is 21.8 Å². The maximum absolute atomic E-state index is 12.0. The molecule has 0 atom stereocenters. The summed E-state index contributed by atoms with van der Waals surface area (Å²) in [5.74, 6) is 0.966. The average molecular weight is 343 g/mol. The lowest BCUT2D eigenvalue weighted by molar-refractivity contribution is 0.0942. The van der Waals surface area contributed by atoms with Crippen molar-refractivity contribution in [2.45, 2.75) is 13.1 Å². The smallest absolute Gasteiger partial charge is 0.272 e. The van der Waals surface area contributed by atoms with Gasteiger partial charge in [-0.2, -0.15) is 0 Å². The van der Waals surface area contributed by atoms with Crippen LogP contribution in [0.25, 0.3) is 0 Å². The standard InChI is InChI=1S/C17H15ClN4O2/c18-13-5-3-12(4-6-13)10-19-16-8-7-15(21-22-16)17(23)20-11-14-2-1-9-24-14/h1-9H,10-11H2,(H,19,22)(H,20,23). The highest BCUT2D eigenvalue weighted by Gasteiger charge is 2.08. The molecular weight excluding hydrogens is 328 g/mol. The third-order valence-electron chi connectivity index (χ3n) is 3.29. The Labute approximate surface area is 143 Å². The van der Waals surface area contributed by atoms with Gasteiger partial charge in [-0.25, -0.2) is 0 Å². The Bertz CT molecular complexity index is 786. The first kappa shape index (κ1) is 16.0. The molecule has 3 rings (SSSR count). The Kier molecular flexibility index (Phi) is 5.08. The second-order valence-electron chi connectivity index (χ2n) is 5.05. The SMILES string of the molecule is O=C(NCc1ccco1)c1ccc(NCc2ccc(Cl)cc2)nn1. The van der Waals surface area contributed by atoms with Crippen molar-refractivity contribution in [3.8, 4) is 0 Å². The Balaban J connectivity index is 1.52. The van der Waals surface area contributed by atoms with Crippen molar-refractivity contribution in [3.05, 3.63) is 76.8 Å². The lowest BCUT2D eigenvalue weighted by atomic mass is 10.2. The third kappa shape index (κ3) is 4.33. The topological polar surface area (TPSA) is 80.0 Å². The molecule has 1 amide bonds. The minimum atomic E-state index is -0.303. The summed E-state index contributed by atoms with van der Waals surface area (Å²) in [5.41, 5.74) is 1.32. The van der Waals surface area contributed by atoms with E-state index in [4.69, 9.17) is 16.0 Å². The fourth-order valence-electron chi connectivity index (χ4n) is 2.01. The molecule has 122 valence electrons. The number of nitrogens with zero attached hydrogens (tertiary/aromatic N) is 2. The van der Waals surface area contributed by atoms with Gasteiger partial charge in [0.15, 0.2) is 5.69 Å². The molecule has 6 nitrogen and oxygen atoms in total. The van der Waals surface area contributed by atoms with Crippen LogP contribution in [0.4, 0.5) is 5.82 Å². The third-order valence-corrected chi connectivity index (χ3v) is 3.54. The van der Waals surface area contributed by atoms with E-state index in [1.54, 1.807) is 30.5 Å². The molecule has 0 bridgehead atoms. The minimum Gasteiger partial charge on any atom is -0.467 e. The summed E-state index contributed by atoms with van der Waals surface area (Å²) in [5, 5.41) is 14.5. The Hall–Kier alpha value is -2.86. The number of carbonyl (C=O) groups is 1. The molecule has 0 unspecified atom stereocenters. The number of hydrogen-bond donors (Lipinski definition) is 2. The molecule has 0 aliphatic rings. The van der Waals surface area contributed by atoms with Crippen LogP contribution in [0.5, 0.6) is 0 Å². The van der Waals surface area contributed by atoms with Crippen LogP contribution in [0, 0.1) is 0 Å². The molecule has 0 saturated carbocycles. The molecule has 1 aromatic carbocycles. The van der Waals surface area contributed by atoms with E-state index in [1.807, 2.05) is 24.3 Å². The first-order chi connectivity index (χ1) is 11.7. The summed E-state index contributed by atoms with van der Waals surface area (Å²) in [6, 6.07) is 14.4. The second-order valence-corrected chi connectivity index (χ2v) is 5.48. The first-order valence-corrected chi connectivity index (χ1v) is 7.71. The maximum Gasteiger partial charge on any atom is 0.272 e. The normalized spacial score (nSPS) is 10.4. The number of benzene rings is 1. The first-order valence-electron chi connectivity index (χ1n) is 7.33. The fourth-order valence-corrected chi connectivity index (χ4v) is 2.14. The molecule has 3 aromatic rings. The van der Waals surface area contributed by atoms with Crippen LogP contribution in [-0.2, 0) is 13.1 Å². The molecule has 2 heterocycles. The number of amides is 1. The van der Waals surface area contributed by atoms with E-state index >= 15 is 0 Å². The van der Waals surface area contributed by atoms with Gasteiger partial charge in [0.1, 0.15) is 11.6 Å². The van der Waals surface area contributed by atoms with Gasteiger partial charge in [-0.3, -0.25) is 4.79 Å². The zero-order chi connectivity index (χ0) is 16.8. The number of rotatable bonds is 6. The van der Waals surface area contributed by atoms with Gasteiger partial charge in [-0.1, -0.05) is 23.7 Å². The number of halogens is 1. The van der Waals surface area contributed by atoms with E-state index in [9.17, 15) is 4.79 Å². The van der Waals surface area contributed by atoms with Crippen LogP contribution in [0.3, 0.4) is 0 Å². The molecule has 0 aliphatic carbocycles. The molecule has 0 fully saturated rings. The molecule has 7 heteroatoms. The number of carbonyl (C=O) groups excluding carboxylic acids is 1. The molecule has 24 heavy (non-hydrogen) atoms. The molecular formula is C17H15ClN4O2. The predicted molar refractivity (Wildman–Crippen MR) is 90.7 cm³/mol. The van der Waals surface area contributed by atoms with Gasteiger partial charge < -0.3 is 15.1 Å². The van der Waals surface area contributed by atoms with Crippen LogP contribution in [-0.4, -0.2) is 16.1 Å². The van der Waals surface area contributed by atoms with Crippen molar-refractivity contribution >= 4 is 23.3 Å². The summed E-state index contributed by atoms with van der Waals surface area (Å²) in [6.45, 7) is 0.903. The summed E-state index contributed by atoms with van der Waals surface area (Å²) < 4.78 is 5.15. The lowest BCUT2D eigenvalue weighted by Gasteiger charge is -2.06. The Morgan fingerprint density at radius 2 is 1.88 bits per heavy atom. The summed E-state index contributed by atoms with van der Waals surface area (Å²) in [7, 11) is 0. The quantitative estimate of drug-likeness (QED) is 0.718. The number of furan rings is 1. The highest BCUT2D eigenvalue weighted by molar-refractivity contribution is 6.30. The van der Waals surface area contributed by atoms with E-state index < -0.39 is 0 Å². The highest BCUT2D eigenvalue weighted by atomic mass is 35.5. The van der Waals surface area contributed by atoms with Crippen molar-refractivity contribution in [1.29, 1.82) is 0 Å². The predicted octanol–water partition coefficient (Wildman–Crippen LogP) is 3.27. The van der Waals surface area contributed by atoms with E-state index in [-0.39, 0.29) is 11.6 Å². The molecule has 0 aliphatic heterocycles. The summed E-state index contributed by atoms with van der Waals surface area (Å²) >= 11 is 5.85. The van der Waals surface area contributed by atoms with Gasteiger partial charge in [0.2, 0.25) is 0 Å². The number of nitrogens with one attached hydrogen (secondary N) is 2. The van der Waals surface area contributed by atoms with Crippen molar-refractivity contribution in [3.63, 3.8) is 0 Å². The second kappa shape index (κ2) is 7.61. The number of anilines is 1. The largest absolute Gasteiger partial charge is 0.467 e. The summed E-state index contributed by atoms with van der Waals surface area (Å²) in [4.78, 5) is 12.0. The molecule has 0 saturated heterocycles. The molecule has 2 aromatic heterocycles. The van der Waals surface area contributed by atoms with Crippen LogP contribution in [0.2, 0.25) is 5.02 Å². The Morgan fingerprint density at radius 3 is 2.54 bits per heavy atom. The van der Waals surface area contributed by atoms with Crippen molar-refractivity contribution in [2.24, 2.45) is 0 Å². The number of hydrogen-bond acceptors (Lipinski definition) is 5. The average Bonchev–Trinajstić information content (AvgIpc) is 3.13. The van der Waals surface area contributed by atoms with Gasteiger partial charge in [-0.15, -0.1) is 10.2 Å². The monoisotopic (exact) mass is 342 g/mol. The van der Waals surface area contributed by atoms with Crippen molar-refractivity contribution in [2.75, 3.05) is 5.32 Å². The maximum atomic E-state index is 12.0. The van der Waals surface area contributed by atoms with E-state index in [0.717, 1.165) is 5.56 Å². The molecule has 0 radical (unpaired) electrons. The van der Waals surface area contributed by atoms with Gasteiger partial charge in [-0.05, 0) is 42.0 Å². The minimum absolute atomic E-state index is 0.249. The van der Waals surface area contributed by atoms with Crippen LogP contribution >= 0.6 is 11.6 Å². The lowest BCUT2D eigenvalue weighted by Crippen LogP contribution is -2.24. The molecule has 0 spiro atoms. The highest BCUT2D eigenvalue weighted by Crippen LogP contribution is 2.11. The van der Waals surface area contributed by atoms with Gasteiger partial charge in [0.25, 0.3) is 5.91 Å². The van der Waals surface area contributed by atoms with E-state index in [2.05, 4.69) is 20.8 Å². The van der Waals surface area contributed by atoms with Gasteiger partial charge in [0.05, 0.1) is 12.8 Å². The zero-order valence-electron chi connectivity index (χ0n) is 12.7. The van der Waals surface area contributed by atoms with Gasteiger partial charge >= 0.3 is 0 Å². The zero-order valence-corrected chi connectivity index (χ0v) is 13.5. The summed E-state index contributed by atoms with van der Waals surface area (Å²) in [6.07, 6.45) is 1.56. The fraction of sp³-hybridized carbons (Fsp3) is 0.118. The number of aromatic nitrogens is 2. The van der Waals surface area contributed by atoms with Crippen molar-refractivity contribution < 1.29 is 9.21 Å². The van der Waals surface area contributed by atoms with E-state index in [1.165, 1.54) is 0 Å². The van der Waals surface area contributed by atoms with Crippen LogP contribution in [0.15, 0.2) is 59.2 Å². The van der Waals surface area contributed by atoms with Crippen molar-refractivity contribution in [1.82, 2.24) is 15.5 Å². The van der Waals surface area contributed by atoms with Gasteiger partial charge in [0, 0.05) is 11.6 Å². The van der Waals surface area contributed by atoms with E-state index in [0.29, 0.717) is 29.7 Å². The van der Waals surface area contributed by atoms with Crippen LogP contribution < -0.4 is 10.6 Å². The Morgan fingerprint density at radius 1 is 1.04 bits per heavy atom.